The highest BCUT2D eigenvalue weighted by Gasteiger charge is 2.36. The van der Waals surface area contributed by atoms with Gasteiger partial charge in [-0.1, -0.05) is 182 Å². The second-order valence-electron chi connectivity index (χ2n) is 9.87. The van der Waals surface area contributed by atoms with Crippen LogP contribution in [0.2, 0.25) is 0 Å². The minimum absolute atomic E-state index is 0.655. The van der Waals surface area contributed by atoms with Gasteiger partial charge in [0, 0.05) is 0 Å². The zero-order valence-electron chi connectivity index (χ0n) is 23.2. The summed E-state index contributed by atoms with van der Waals surface area (Å²) >= 11 is 0. The molecule has 6 aromatic rings. The summed E-state index contributed by atoms with van der Waals surface area (Å²) in [5.74, 6) is 0. The van der Waals surface area contributed by atoms with Crippen molar-refractivity contribution in [1.82, 2.24) is 0 Å². The van der Waals surface area contributed by atoms with Crippen LogP contribution in [0.1, 0.15) is 5.56 Å². The van der Waals surface area contributed by atoms with Crippen LogP contribution in [0.5, 0.6) is 0 Å². The molecule has 0 aliphatic rings. The number of hydrogen-bond acceptors (Lipinski definition) is 0. The smallest absolute Gasteiger partial charge is 0.00206 e. The summed E-state index contributed by atoms with van der Waals surface area (Å²) in [7, 11) is -1.32. The molecule has 0 saturated carbocycles. The Morgan fingerprint density at radius 3 is 1.02 bits per heavy atom. The Hall–Kier alpha value is -3.52. The van der Waals surface area contributed by atoms with Gasteiger partial charge in [0.15, 0.2) is 0 Å². The summed E-state index contributed by atoms with van der Waals surface area (Å²) < 4.78 is 0. The lowest BCUT2D eigenvalue weighted by atomic mass is 10.2. The molecule has 41 heavy (non-hydrogen) atoms. The summed E-state index contributed by atoms with van der Waals surface area (Å²) in [6, 6.07) is 67.6. The fourth-order valence-electron chi connectivity index (χ4n) is 5.68. The Morgan fingerprint density at radius 1 is 0.390 bits per heavy atom. The molecule has 0 radical (unpaired) electrons. The summed E-state index contributed by atoms with van der Waals surface area (Å²) in [5, 5.41) is 8.67. The van der Waals surface area contributed by atoms with Crippen molar-refractivity contribution in [1.29, 1.82) is 0 Å². The maximum absolute atomic E-state index is 2.55. The highest BCUT2D eigenvalue weighted by atomic mass is 32.1. The third kappa shape index (κ3) is 5.54. The molecule has 0 bridgehead atoms. The van der Waals surface area contributed by atoms with E-state index in [4.69, 9.17) is 0 Å². The molecule has 1 atom stereocenters. The van der Waals surface area contributed by atoms with Crippen LogP contribution in [0.4, 0.5) is 0 Å². The molecule has 0 spiro atoms. The van der Waals surface area contributed by atoms with Crippen molar-refractivity contribution in [3.05, 3.63) is 188 Å². The van der Waals surface area contributed by atoms with Crippen LogP contribution in [-0.2, 0) is 0 Å². The molecule has 6 aromatic carbocycles. The minimum atomic E-state index is -2.27. The van der Waals surface area contributed by atoms with Crippen LogP contribution < -0.4 is 26.5 Å². The molecule has 1 unspecified atom stereocenters. The Balaban J connectivity index is 1.82. The lowest BCUT2D eigenvalue weighted by molar-refractivity contribution is 1.68. The van der Waals surface area contributed by atoms with Gasteiger partial charge < -0.3 is 0 Å². The van der Waals surface area contributed by atoms with Crippen LogP contribution in [0.15, 0.2) is 182 Å². The molecule has 0 saturated heterocycles. The Morgan fingerprint density at radius 2 is 0.683 bits per heavy atom. The molecular formula is C38H33P3. The normalized spacial score (nSPS) is 12.1. The van der Waals surface area contributed by atoms with E-state index in [1.54, 1.807) is 5.03 Å². The van der Waals surface area contributed by atoms with Crippen LogP contribution in [0, 0.1) is 0 Å². The van der Waals surface area contributed by atoms with Crippen molar-refractivity contribution in [3.8, 4) is 0 Å². The minimum Gasteiger partial charge on any atom is -0.0622 e. The first-order valence-electron chi connectivity index (χ1n) is 13.9. The van der Waals surface area contributed by atoms with E-state index in [0.29, 0.717) is 0 Å². The van der Waals surface area contributed by atoms with Crippen molar-refractivity contribution in [2.75, 3.05) is 6.66 Å². The molecule has 0 aliphatic carbocycles. The molecule has 0 nitrogen and oxygen atoms in total. The van der Waals surface area contributed by atoms with Gasteiger partial charge in [0.2, 0.25) is 0 Å². The largest absolute Gasteiger partial charge is 0.0622 e. The van der Waals surface area contributed by atoms with E-state index in [1.165, 1.54) is 32.1 Å². The van der Waals surface area contributed by atoms with E-state index in [-0.39, 0.29) is 0 Å². The van der Waals surface area contributed by atoms with Gasteiger partial charge in [0.25, 0.3) is 0 Å². The van der Waals surface area contributed by atoms with Gasteiger partial charge in [0.1, 0.15) is 0 Å². The molecule has 200 valence electrons. The standard InChI is InChI=1S/C38H33P3/c1-39(40(33-22-10-3-11-23-33)34-24-12-4-13-25-34)38(32-20-8-2-9-21-32)41(35-26-14-5-15-27-35,36-28-16-6-17-29-36)37-30-18-7-19-31-37/h2-31H,1H3. The quantitative estimate of drug-likeness (QED) is 0.158. The van der Waals surface area contributed by atoms with Crippen molar-refractivity contribution < 1.29 is 0 Å². The summed E-state index contributed by atoms with van der Waals surface area (Å²) in [6.45, 7) is 0.274. The van der Waals surface area contributed by atoms with E-state index in [2.05, 4.69) is 189 Å². The average molecular weight is 583 g/mol. The molecule has 0 N–H and O–H groups in total. The van der Waals surface area contributed by atoms with Gasteiger partial charge in [-0.25, -0.2) is 0 Å². The predicted molar refractivity (Wildman–Crippen MR) is 188 cm³/mol. The van der Waals surface area contributed by atoms with Crippen molar-refractivity contribution in [2.24, 2.45) is 0 Å². The highest BCUT2D eigenvalue weighted by Crippen LogP contribution is 2.71. The van der Waals surface area contributed by atoms with E-state index in [9.17, 15) is 0 Å². The Kier molecular flexibility index (Phi) is 8.75. The second kappa shape index (κ2) is 13.0. The lowest BCUT2D eigenvalue weighted by Gasteiger charge is -2.38. The highest BCUT2D eigenvalue weighted by molar-refractivity contribution is 8.45. The van der Waals surface area contributed by atoms with Crippen LogP contribution in [-0.4, -0.2) is 11.7 Å². The van der Waals surface area contributed by atoms with Crippen LogP contribution in [0.3, 0.4) is 0 Å². The SMILES string of the molecule is CP(C(c1ccccc1)=P(c1ccccc1)(c1ccccc1)c1ccccc1)P(c1ccccc1)c1ccccc1. The second-order valence-corrected chi connectivity index (χ2v) is 19.7. The maximum atomic E-state index is 2.55. The number of benzene rings is 6. The molecule has 6 rings (SSSR count). The predicted octanol–water partition coefficient (Wildman–Crippen LogP) is 8.32. The first-order valence-corrected chi connectivity index (χ1v) is 19.6. The first kappa shape index (κ1) is 27.6. The number of rotatable bonds is 8. The van der Waals surface area contributed by atoms with E-state index in [0.717, 1.165) is 0 Å². The maximum Gasteiger partial charge on any atom is -0.00206 e. The van der Waals surface area contributed by atoms with Gasteiger partial charge >= 0.3 is 0 Å². The summed E-state index contributed by atoms with van der Waals surface area (Å²) in [5.41, 5.74) is 1.35. The average Bonchev–Trinajstić information content (AvgIpc) is 3.06. The van der Waals surface area contributed by atoms with Gasteiger partial charge in [-0.2, -0.15) is 0 Å². The van der Waals surface area contributed by atoms with E-state index in [1.807, 2.05) is 0 Å². The van der Waals surface area contributed by atoms with Gasteiger partial charge in [-0.3, -0.25) is 0 Å². The number of hydrogen-bond donors (Lipinski definition) is 0. The van der Waals surface area contributed by atoms with Gasteiger partial charge in [-0.05, 0) is 65.9 Å². The molecule has 0 aliphatic heterocycles. The van der Waals surface area contributed by atoms with Gasteiger partial charge in [0.05, 0.1) is 0 Å². The summed E-state index contributed by atoms with van der Waals surface area (Å²) in [6.07, 6.45) is 0. The topological polar surface area (TPSA) is 0 Å². The molecule has 0 aromatic heterocycles. The Bertz CT molecular complexity index is 1580. The third-order valence-electron chi connectivity index (χ3n) is 7.39. The zero-order valence-corrected chi connectivity index (χ0v) is 25.8. The van der Waals surface area contributed by atoms with Crippen LogP contribution in [0.25, 0.3) is 0 Å². The fraction of sp³-hybridized carbons (Fsp3) is 0.0263. The molecule has 3 heteroatoms. The fourth-order valence-corrected chi connectivity index (χ4v) is 20.9. The van der Waals surface area contributed by atoms with E-state index >= 15 is 0 Å². The van der Waals surface area contributed by atoms with Crippen molar-refractivity contribution >= 4 is 53.7 Å². The molecule has 0 amide bonds. The molecule has 0 fully saturated rings. The molecular weight excluding hydrogens is 549 g/mol. The van der Waals surface area contributed by atoms with Crippen LogP contribution >= 0.6 is 22.1 Å². The lowest BCUT2D eigenvalue weighted by Crippen LogP contribution is -2.30. The van der Waals surface area contributed by atoms with Gasteiger partial charge in [-0.15, -0.1) is 0 Å². The van der Waals surface area contributed by atoms with Crippen molar-refractivity contribution in [2.45, 2.75) is 0 Å². The zero-order chi connectivity index (χ0) is 27.9. The van der Waals surface area contributed by atoms with E-state index < -0.39 is 22.1 Å². The Labute approximate surface area is 247 Å². The monoisotopic (exact) mass is 582 g/mol. The summed E-state index contributed by atoms with van der Waals surface area (Å²) in [4.78, 5) is 0. The third-order valence-corrected chi connectivity index (χ3v) is 20.6. The first-order chi connectivity index (χ1) is 20.3. The van der Waals surface area contributed by atoms with Crippen molar-refractivity contribution in [3.63, 3.8) is 0 Å². The molecule has 0 heterocycles.